The molecule has 0 aromatic heterocycles. The zero-order chi connectivity index (χ0) is 27.1. The molecular weight excluding hydrogens is 505 g/mol. The largest absolute Gasteiger partial charge is 0.502 e. The molecule has 2 amide bonds. The first-order valence-corrected chi connectivity index (χ1v) is 11.0. The number of aromatic hydroxyl groups is 1. The number of halogens is 2. The number of phenols is 1. The molecule has 0 saturated carbocycles. The maximum absolute atomic E-state index is 13.6. The topological polar surface area (TPSA) is 137 Å². The zero-order valence-corrected chi connectivity index (χ0v) is 20.4. The quantitative estimate of drug-likeness (QED) is 0.175. The molecule has 3 aromatic carbocycles. The number of nitrogens with zero attached hydrogens (tertiary/aromatic N) is 3. The van der Waals surface area contributed by atoms with Crippen molar-refractivity contribution in [1.29, 1.82) is 0 Å². The smallest absolute Gasteiger partial charge is 0.312 e. The Balaban J connectivity index is 1.88. The summed E-state index contributed by atoms with van der Waals surface area (Å²) in [7, 11) is 3.74. The molecule has 3 rings (SSSR count). The number of anilines is 1. The number of nitro benzene ring substituents is 1. The van der Waals surface area contributed by atoms with E-state index < -0.39 is 34.0 Å². The molecule has 0 atom stereocenters. The fourth-order valence-electron chi connectivity index (χ4n) is 3.08. The molecule has 0 saturated heterocycles. The second-order valence-electron chi connectivity index (χ2n) is 7.83. The lowest BCUT2D eigenvalue weighted by Gasteiger charge is -2.12. The second kappa shape index (κ2) is 11.8. The summed E-state index contributed by atoms with van der Waals surface area (Å²) in [6.45, 7) is 0. The minimum Gasteiger partial charge on any atom is -0.502 e. The first-order valence-electron chi connectivity index (χ1n) is 10.6. The Hall–Kier alpha value is -4.77. The van der Waals surface area contributed by atoms with Gasteiger partial charge in [-0.15, -0.1) is 0 Å². The summed E-state index contributed by atoms with van der Waals surface area (Å²) < 4.78 is 13.6. The molecule has 0 radical (unpaired) electrons. The first kappa shape index (κ1) is 26.8. The van der Waals surface area contributed by atoms with Crippen LogP contribution in [0, 0.1) is 15.9 Å². The normalized spacial score (nSPS) is 11.3. The number of benzene rings is 3. The van der Waals surface area contributed by atoms with Crippen LogP contribution in [-0.4, -0.2) is 42.2 Å². The number of hydrogen-bond donors (Lipinski definition) is 3. The van der Waals surface area contributed by atoms with Crippen LogP contribution in [0.2, 0.25) is 5.02 Å². The average Bonchev–Trinajstić information content (AvgIpc) is 2.85. The van der Waals surface area contributed by atoms with E-state index in [1.165, 1.54) is 30.3 Å². The van der Waals surface area contributed by atoms with Crippen LogP contribution < -0.4 is 15.6 Å². The van der Waals surface area contributed by atoms with Gasteiger partial charge in [0.2, 0.25) is 5.75 Å². The van der Waals surface area contributed by atoms with Gasteiger partial charge >= 0.3 is 5.69 Å². The van der Waals surface area contributed by atoms with Crippen molar-refractivity contribution in [2.75, 3.05) is 19.0 Å². The van der Waals surface area contributed by atoms with Crippen LogP contribution in [0.3, 0.4) is 0 Å². The van der Waals surface area contributed by atoms with E-state index in [0.29, 0.717) is 5.56 Å². The Kier molecular flexibility index (Phi) is 8.54. The lowest BCUT2D eigenvalue weighted by atomic mass is 10.1. The summed E-state index contributed by atoms with van der Waals surface area (Å²) in [5.74, 6) is -2.91. The van der Waals surface area contributed by atoms with Gasteiger partial charge in [-0.2, -0.15) is 5.10 Å². The molecule has 3 N–H and O–H groups in total. The number of rotatable bonds is 8. The number of amides is 2. The van der Waals surface area contributed by atoms with Gasteiger partial charge < -0.3 is 15.3 Å². The van der Waals surface area contributed by atoms with Crippen molar-refractivity contribution in [1.82, 2.24) is 10.7 Å². The second-order valence-corrected chi connectivity index (χ2v) is 8.26. The van der Waals surface area contributed by atoms with Crippen molar-refractivity contribution in [2.24, 2.45) is 5.10 Å². The van der Waals surface area contributed by atoms with Crippen molar-refractivity contribution in [3.8, 4) is 5.75 Å². The van der Waals surface area contributed by atoms with Gasteiger partial charge in [-0.3, -0.25) is 19.7 Å². The molecule has 0 fully saturated rings. The van der Waals surface area contributed by atoms with Gasteiger partial charge in [-0.1, -0.05) is 29.8 Å². The Morgan fingerprint density at radius 2 is 1.84 bits per heavy atom. The average molecular weight is 526 g/mol. The van der Waals surface area contributed by atoms with Gasteiger partial charge in [0, 0.05) is 42.0 Å². The predicted molar refractivity (Wildman–Crippen MR) is 138 cm³/mol. The highest BCUT2D eigenvalue weighted by Crippen LogP contribution is 2.32. The van der Waals surface area contributed by atoms with Gasteiger partial charge in [0.25, 0.3) is 11.8 Å². The molecule has 0 aliphatic carbocycles. The van der Waals surface area contributed by atoms with Crippen LogP contribution >= 0.6 is 11.6 Å². The summed E-state index contributed by atoms with van der Waals surface area (Å²) in [6.07, 6.45) is 2.35. The Morgan fingerprint density at radius 1 is 1.14 bits per heavy atom. The molecule has 0 spiro atoms. The van der Waals surface area contributed by atoms with Crippen molar-refractivity contribution in [2.45, 2.75) is 0 Å². The first-order chi connectivity index (χ1) is 17.5. The Bertz CT molecular complexity index is 1410. The Labute approximate surface area is 215 Å². The van der Waals surface area contributed by atoms with E-state index in [4.69, 9.17) is 11.6 Å². The molecule has 37 heavy (non-hydrogen) atoms. The van der Waals surface area contributed by atoms with Gasteiger partial charge in [0.05, 0.1) is 11.1 Å². The number of phenolic OH excluding ortho intramolecular Hbond substituents is 1. The zero-order valence-electron chi connectivity index (χ0n) is 19.6. The van der Waals surface area contributed by atoms with Crippen LogP contribution in [0.4, 0.5) is 15.8 Å². The number of hydrazone groups is 1. The van der Waals surface area contributed by atoms with Gasteiger partial charge in [0.1, 0.15) is 11.5 Å². The standard InChI is InChI=1S/C25H21ClFN5O5/c1-31(2)20-8-6-15(7-9-20)10-21(29-24(34)16-4-3-5-19(27)12-16)25(35)30-28-14-17-11-18(26)13-22(23(17)33)32(36)37/h3-14,33H,1-2H3,(H,29,34)(H,30,35). The van der Waals surface area contributed by atoms with Crippen LogP contribution in [-0.2, 0) is 4.79 Å². The van der Waals surface area contributed by atoms with E-state index in [1.54, 1.807) is 12.1 Å². The lowest BCUT2D eigenvalue weighted by Crippen LogP contribution is -2.32. The molecule has 0 bridgehead atoms. The minimum absolute atomic E-state index is 0.0127. The maximum Gasteiger partial charge on any atom is 0.312 e. The fraction of sp³-hybridized carbons (Fsp3) is 0.0800. The van der Waals surface area contributed by atoms with E-state index in [9.17, 15) is 29.2 Å². The summed E-state index contributed by atoms with van der Waals surface area (Å²) in [5.41, 5.74) is 2.68. The van der Waals surface area contributed by atoms with E-state index in [1.807, 2.05) is 31.1 Å². The number of carbonyl (C=O) groups is 2. The van der Waals surface area contributed by atoms with Crippen molar-refractivity contribution < 1.29 is 24.0 Å². The van der Waals surface area contributed by atoms with E-state index in [2.05, 4.69) is 15.8 Å². The number of nitrogens with one attached hydrogen (secondary N) is 2. The van der Waals surface area contributed by atoms with Crippen molar-refractivity contribution >= 4 is 47.1 Å². The van der Waals surface area contributed by atoms with Gasteiger partial charge in [-0.25, -0.2) is 9.82 Å². The Morgan fingerprint density at radius 3 is 2.46 bits per heavy atom. The molecule has 12 heteroatoms. The SMILES string of the molecule is CN(C)c1ccc(C=C(NC(=O)c2cccc(F)c2)C(=O)NN=Cc2cc(Cl)cc([N+](=O)[O-])c2O)cc1. The molecule has 0 aliphatic rings. The fourth-order valence-corrected chi connectivity index (χ4v) is 3.30. The van der Waals surface area contributed by atoms with Crippen molar-refractivity contribution in [3.63, 3.8) is 0 Å². The minimum atomic E-state index is -0.853. The van der Waals surface area contributed by atoms with Crippen LogP contribution in [0.1, 0.15) is 21.5 Å². The molecule has 190 valence electrons. The summed E-state index contributed by atoms with van der Waals surface area (Å²) in [6, 6.07) is 14.2. The summed E-state index contributed by atoms with van der Waals surface area (Å²) in [5, 5.41) is 27.3. The molecule has 0 aliphatic heterocycles. The maximum atomic E-state index is 13.6. The third-order valence-corrected chi connectivity index (χ3v) is 5.17. The molecule has 0 heterocycles. The molecular formula is C25H21ClFN5O5. The highest BCUT2D eigenvalue weighted by molar-refractivity contribution is 6.31. The van der Waals surface area contributed by atoms with E-state index in [-0.39, 0.29) is 21.8 Å². The number of nitro groups is 1. The van der Waals surface area contributed by atoms with Gasteiger partial charge in [-0.05, 0) is 48.0 Å². The molecule has 3 aromatic rings. The summed E-state index contributed by atoms with van der Waals surface area (Å²) in [4.78, 5) is 37.7. The van der Waals surface area contributed by atoms with Crippen LogP contribution in [0.15, 0.2) is 71.5 Å². The third kappa shape index (κ3) is 7.12. The molecule has 0 unspecified atom stereocenters. The van der Waals surface area contributed by atoms with Crippen molar-refractivity contribution in [3.05, 3.63) is 104 Å². The lowest BCUT2D eigenvalue weighted by molar-refractivity contribution is -0.385. The van der Waals surface area contributed by atoms with Gasteiger partial charge in [0.15, 0.2) is 0 Å². The number of hydrogen-bond acceptors (Lipinski definition) is 7. The monoisotopic (exact) mass is 525 g/mol. The predicted octanol–water partition coefficient (Wildman–Crippen LogP) is 4.08. The van der Waals surface area contributed by atoms with Crippen LogP contribution in [0.25, 0.3) is 6.08 Å². The van der Waals surface area contributed by atoms with Crippen LogP contribution in [0.5, 0.6) is 5.75 Å². The highest BCUT2D eigenvalue weighted by Gasteiger charge is 2.18. The highest BCUT2D eigenvalue weighted by atomic mass is 35.5. The number of carbonyl (C=O) groups excluding carboxylic acids is 2. The summed E-state index contributed by atoms with van der Waals surface area (Å²) >= 11 is 5.85. The molecule has 10 nitrogen and oxygen atoms in total. The van der Waals surface area contributed by atoms with E-state index >= 15 is 0 Å². The third-order valence-electron chi connectivity index (χ3n) is 4.95. The van der Waals surface area contributed by atoms with E-state index in [0.717, 1.165) is 24.0 Å².